The molecule has 27 heavy (non-hydrogen) atoms. The van der Waals surface area contributed by atoms with E-state index in [1.165, 1.54) is 10.6 Å². The zero-order chi connectivity index (χ0) is 19.0. The summed E-state index contributed by atoms with van der Waals surface area (Å²) in [6.07, 6.45) is -0.725. The summed E-state index contributed by atoms with van der Waals surface area (Å²) >= 11 is 0. The molecule has 0 saturated carbocycles. The van der Waals surface area contributed by atoms with Crippen molar-refractivity contribution in [2.45, 2.75) is 26.5 Å². The van der Waals surface area contributed by atoms with Crippen molar-refractivity contribution in [3.05, 3.63) is 76.3 Å². The van der Waals surface area contributed by atoms with E-state index in [1.807, 2.05) is 66.9 Å². The van der Waals surface area contributed by atoms with Gasteiger partial charge in [0.1, 0.15) is 24.1 Å². The van der Waals surface area contributed by atoms with Crippen molar-refractivity contribution in [3.63, 3.8) is 0 Å². The number of ether oxygens (including phenoxy) is 1. The maximum atomic E-state index is 12.1. The van der Waals surface area contributed by atoms with E-state index in [0.29, 0.717) is 12.2 Å². The fourth-order valence-electron chi connectivity index (χ4n) is 3.29. The topological polar surface area (TPSA) is 68.8 Å². The molecule has 4 aromatic rings. The molecule has 0 spiro atoms. The molecule has 0 bridgehead atoms. The van der Waals surface area contributed by atoms with Crippen molar-refractivity contribution in [1.29, 1.82) is 0 Å². The Morgan fingerprint density at radius 1 is 1.07 bits per heavy atom. The Balaban J connectivity index is 1.51. The second-order valence-corrected chi connectivity index (χ2v) is 6.76. The molecule has 0 unspecified atom stereocenters. The lowest BCUT2D eigenvalue weighted by Gasteiger charge is -2.17. The molecule has 6 heteroatoms. The Kier molecular flexibility index (Phi) is 4.41. The highest BCUT2D eigenvalue weighted by atomic mass is 16.5. The highest BCUT2D eigenvalue weighted by molar-refractivity contribution is 5.83. The summed E-state index contributed by atoms with van der Waals surface area (Å²) in [7, 11) is 0. The second kappa shape index (κ2) is 6.89. The average molecular weight is 363 g/mol. The van der Waals surface area contributed by atoms with E-state index < -0.39 is 6.10 Å². The third-order valence-corrected chi connectivity index (χ3v) is 4.61. The predicted octanol–water partition coefficient (Wildman–Crippen LogP) is 2.71. The van der Waals surface area contributed by atoms with E-state index in [0.717, 1.165) is 27.9 Å². The van der Waals surface area contributed by atoms with Crippen LogP contribution in [0.4, 0.5) is 0 Å². The lowest BCUT2D eigenvalue weighted by atomic mass is 10.1. The van der Waals surface area contributed by atoms with Gasteiger partial charge in [-0.05, 0) is 36.8 Å². The van der Waals surface area contributed by atoms with Crippen molar-refractivity contribution in [2.24, 2.45) is 0 Å². The maximum absolute atomic E-state index is 12.1. The van der Waals surface area contributed by atoms with Gasteiger partial charge in [0.25, 0.3) is 5.56 Å². The number of rotatable bonds is 5. The molecule has 0 amide bonds. The summed E-state index contributed by atoms with van der Waals surface area (Å²) in [4.78, 5) is 12.1. The normalized spacial score (nSPS) is 12.6. The molecule has 2 aromatic carbocycles. The summed E-state index contributed by atoms with van der Waals surface area (Å²) < 4.78 is 9.03. The summed E-state index contributed by atoms with van der Waals surface area (Å²) in [5.41, 5.74) is 2.03. The van der Waals surface area contributed by atoms with Gasteiger partial charge in [-0.3, -0.25) is 4.79 Å². The highest BCUT2D eigenvalue weighted by Crippen LogP contribution is 2.20. The molecule has 1 atom stereocenters. The van der Waals surface area contributed by atoms with Gasteiger partial charge in [-0.1, -0.05) is 30.3 Å². The van der Waals surface area contributed by atoms with Gasteiger partial charge in [-0.15, -0.1) is 0 Å². The molecule has 0 fully saturated rings. The van der Waals surface area contributed by atoms with E-state index in [1.54, 1.807) is 0 Å². The zero-order valence-corrected chi connectivity index (χ0v) is 15.3. The third-order valence-electron chi connectivity index (χ3n) is 4.61. The number of nitrogens with zero attached hydrogens (tertiary/aromatic N) is 3. The van der Waals surface area contributed by atoms with E-state index in [9.17, 15) is 9.90 Å². The monoisotopic (exact) mass is 363 g/mol. The van der Waals surface area contributed by atoms with Crippen LogP contribution in [0, 0.1) is 13.8 Å². The zero-order valence-electron chi connectivity index (χ0n) is 15.3. The van der Waals surface area contributed by atoms with Crippen molar-refractivity contribution < 1.29 is 9.84 Å². The van der Waals surface area contributed by atoms with Gasteiger partial charge in [0.15, 0.2) is 0 Å². The number of aliphatic hydroxyl groups is 1. The minimum atomic E-state index is -0.725. The number of benzene rings is 2. The Hall–Kier alpha value is -3.12. The van der Waals surface area contributed by atoms with Gasteiger partial charge in [-0.25, -0.2) is 0 Å². The number of fused-ring (bicyclic) bond motifs is 2. The quantitative estimate of drug-likeness (QED) is 0.592. The molecule has 0 aliphatic carbocycles. The summed E-state index contributed by atoms with van der Waals surface area (Å²) in [5.74, 6) is 0.717. The SMILES string of the molecule is Cc1cc2n(C[C@H](O)COc3ccc4ccccc4c3)c(C)cc(=O)n2n1. The van der Waals surface area contributed by atoms with E-state index >= 15 is 0 Å². The first-order chi connectivity index (χ1) is 13.0. The van der Waals surface area contributed by atoms with Crippen molar-refractivity contribution in [3.8, 4) is 5.75 Å². The average Bonchev–Trinajstić information content (AvgIpc) is 3.05. The van der Waals surface area contributed by atoms with Gasteiger partial charge in [0.05, 0.1) is 12.2 Å². The molecule has 2 aromatic heterocycles. The van der Waals surface area contributed by atoms with Crippen LogP contribution in [-0.2, 0) is 6.54 Å². The van der Waals surface area contributed by atoms with Crippen molar-refractivity contribution in [1.82, 2.24) is 14.2 Å². The van der Waals surface area contributed by atoms with Crippen LogP contribution in [0.15, 0.2) is 59.4 Å². The minimum Gasteiger partial charge on any atom is -0.491 e. The van der Waals surface area contributed by atoms with Gasteiger partial charge in [-0.2, -0.15) is 9.61 Å². The molecule has 4 rings (SSSR count). The predicted molar refractivity (Wildman–Crippen MR) is 104 cm³/mol. The van der Waals surface area contributed by atoms with Crippen LogP contribution in [-0.4, -0.2) is 32.0 Å². The molecule has 0 saturated heterocycles. The number of aliphatic hydroxyl groups excluding tert-OH is 1. The lowest BCUT2D eigenvalue weighted by Crippen LogP contribution is -2.27. The Labute approximate surface area is 156 Å². The van der Waals surface area contributed by atoms with E-state index in [4.69, 9.17) is 4.74 Å². The molecule has 138 valence electrons. The first-order valence-corrected chi connectivity index (χ1v) is 8.88. The molecule has 6 nitrogen and oxygen atoms in total. The van der Waals surface area contributed by atoms with Crippen LogP contribution in [0.3, 0.4) is 0 Å². The van der Waals surface area contributed by atoms with Crippen LogP contribution in [0.5, 0.6) is 5.75 Å². The molecule has 0 aliphatic heterocycles. The molecular formula is C21H21N3O3. The standard InChI is InChI=1S/C21H21N3O3/c1-14-9-20-23(15(2)10-21(26)24(20)22-14)12-18(25)13-27-19-8-7-16-5-3-4-6-17(16)11-19/h3-11,18,25H,12-13H2,1-2H3/t18-/m0/s1. The molecule has 2 heterocycles. The summed E-state index contributed by atoms with van der Waals surface area (Å²) in [6.45, 7) is 4.16. The van der Waals surface area contributed by atoms with Crippen LogP contribution < -0.4 is 10.3 Å². The largest absolute Gasteiger partial charge is 0.491 e. The minimum absolute atomic E-state index is 0.156. The second-order valence-electron chi connectivity index (χ2n) is 6.76. The third kappa shape index (κ3) is 3.44. The van der Waals surface area contributed by atoms with Crippen molar-refractivity contribution >= 4 is 16.4 Å². The maximum Gasteiger partial charge on any atom is 0.274 e. The van der Waals surface area contributed by atoms with Gasteiger partial charge >= 0.3 is 0 Å². The van der Waals surface area contributed by atoms with Crippen molar-refractivity contribution in [2.75, 3.05) is 6.61 Å². The number of aromatic nitrogens is 3. The van der Waals surface area contributed by atoms with Crippen LogP contribution in [0.1, 0.15) is 11.4 Å². The van der Waals surface area contributed by atoms with E-state index in [2.05, 4.69) is 5.10 Å². The number of hydrogen-bond donors (Lipinski definition) is 1. The van der Waals surface area contributed by atoms with Crippen LogP contribution in [0.2, 0.25) is 0 Å². The van der Waals surface area contributed by atoms with Crippen LogP contribution in [0.25, 0.3) is 16.4 Å². The summed E-state index contributed by atoms with van der Waals surface area (Å²) in [5, 5.41) is 16.9. The van der Waals surface area contributed by atoms with Crippen LogP contribution >= 0.6 is 0 Å². The van der Waals surface area contributed by atoms with Gasteiger partial charge in [0.2, 0.25) is 0 Å². The smallest absolute Gasteiger partial charge is 0.274 e. The number of aryl methyl sites for hydroxylation is 2. The fraction of sp³-hybridized carbons (Fsp3) is 0.238. The Morgan fingerprint density at radius 3 is 2.67 bits per heavy atom. The molecular weight excluding hydrogens is 342 g/mol. The number of hydrogen-bond acceptors (Lipinski definition) is 4. The first-order valence-electron chi connectivity index (χ1n) is 8.88. The van der Waals surface area contributed by atoms with Gasteiger partial charge < -0.3 is 14.4 Å². The van der Waals surface area contributed by atoms with E-state index in [-0.39, 0.29) is 12.2 Å². The lowest BCUT2D eigenvalue weighted by molar-refractivity contribution is 0.0927. The fourth-order valence-corrected chi connectivity index (χ4v) is 3.29. The van der Waals surface area contributed by atoms with Gasteiger partial charge in [0, 0.05) is 17.8 Å². The Bertz CT molecular complexity index is 1180. The summed E-state index contributed by atoms with van der Waals surface area (Å²) in [6, 6.07) is 17.3. The molecule has 1 N–H and O–H groups in total. The highest BCUT2D eigenvalue weighted by Gasteiger charge is 2.13. The molecule has 0 aliphatic rings. The first kappa shape index (κ1) is 17.3. The molecule has 0 radical (unpaired) electrons. The Morgan fingerprint density at radius 2 is 1.85 bits per heavy atom.